The number of nitro groups is 1. The van der Waals surface area contributed by atoms with Gasteiger partial charge in [-0.2, -0.15) is 0 Å². The molecule has 0 saturated carbocycles. The highest BCUT2D eigenvalue weighted by molar-refractivity contribution is 5.51. The predicted molar refractivity (Wildman–Crippen MR) is 138 cm³/mol. The summed E-state index contributed by atoms with van der Waals surface area (Å²) in [6.45, 7) is 8.32. The van der Waals surface area contributed by atoms with E-state index in [4.69, 9.17) is 4.74 Å². The Morgan fingerprint density at radius 2 is 1.79 bits per heavy atom. The lowest BCUT2D eigenvalue weighted by molar-refractivity contribution is -0.389. The van der Waals surface area contributed by atoms with Crippen molar-refractivity contribution in [2.45, 2.75) is 39.3 Å². The van der Waals surface area contributed by atoms with Crippen LogP contribution in [0.2, 0.25) is 0 Å². The van der Waals surface area contributed by atoms with Gasteiger partial charge in [0.25, 0.3) is 0 Å². The van der Waals surface area contributed by atoms with Crippen LogP contribution in [-0.4, -0.2) is 64.6 Å². The molecular formula is C25H30F3N7O4. The molecular weight excluding hydrogens is 519 g/mol. The predicted octanol–water partition coefficient (Wildman–Crippen LogP) is 3.99. The topological polar surface area (TPSA) is 111 Å². The molecule has 0 aliphatic carbocycles. The molecule has 2 aliphatic heterocycles. The first-order valence-corrected chi connectivity index (χ1v) is 12.6. The Balaban J connectivity index is 0.00000172. The summed E-state index contributed by atoms with van der Waals surface area (Å²) in [7, 11) is 0. The fourth-order valence-corrected chi connectivity index (χ4v) is 4.33. The average Bonchev–Trinajstić information content (AvgIpc) is 3.37. The van der Waals surface area contributed by atoms with Crippen LogP contribution in [0.4, 0.5) is 30.5 Å². The Morgan fingerprint density at radius 3 is 2.41 bits per heavy atom. The van der Waals surface area contributed by atoms with Crippen LogP contribution in [-0.2, 0) is 13.1 Å². The minimum absolute atomic E-state index is 0.0249. The van der Waals surface area contributed by atoms with Crippen LogP contribution in [0, 0.1) is 10.1 Å². The number of imidazole rings is 1. The summed E-state index contributed by atoms with van der Waals surface area (Å²) in [5, 5.41) is 14.3. The summed E-state index contributed by atoms with van der Waals surface area (Å²) in [5.74, 6) is 0.388. The summed E-state index contributed by atoms with van der Waals surface area (Å²) < 4.78 is 48.1. The largest absolute Gasteiger partial charge is 0.573 e. The van der Waals surface area contributed by atoms with Crippen molar-refractivity contribution in [2.24, 2.45) is 0 Å². The fourth-order valence-electron chi connectivity index (χ4n) is 4.33. The molecule has 2 aromatic heterocycles. The number of hydrogen-bond acceptors (Lipinski definition) is 9. The zero-order valence-electron chi connectivity index (χ0n) is 21.6. The second-order valence-corrected chi connectivity index (χ2v) is 8.72. The number of hydrogen-bond donors (Lipinski definition) is 1. The normalized spacial score (nSPS) is 17.0. The monoisotopic (exact) mass is 549 g/mol. The number of pyridine rings is 1. The van der Waals surface area contributed by atoms with Crippen molar-refractivity contribution in [3.8, 4) is 11.8 Å². The lowest BCUT2D eigenvalue weighted by Crippen LogP contribution is -2.46. The van der Waals surface area contributed by atoms with Crippen molar-refractivity contribution in [1.82, 2.24) is 19.9 Å². The number of ether oxygens (including phenoxy) is 2. The number of fused-ring (bicyclic) bond motifs is 1. The molecule has 39 heavy (non-hydrogen) atoms. The van der Waals surface area contributed by atoms with E-state index in [2.05, 4.69) is 29.8 Å². The van der Waals surface area contributed by atoms with Gasteiger partial charge in [-0.05, 0) is 40.8 Å². The number of benzene rings is 1. The third-order valence-corrected chi connectivity index (χ3v) is 6.19. The third kappa shape index (κ3) is 7.28. The van der Waals surface area contributed by atoms with Crippen molar-refractivity contribution in [3.05, 3.63) is 64.5 Å². The number of halogens is 3. The standard InChI is InChI=1S/C23H24F3N7O4.C2H6/c24-23(25,26)37-19-4-2-18(3-5-19)30-7-9-31(10-8-30)20-6-1-16(12-28-20)11-27-17-13-32-14-21(33(34)35)29-22(32)36-15-17;1-2/h1-6,12,14,17,27H,7-11,13,15H2;1-2H3. The minimum atomic E-state index is -4.70. The van der Waals surface area contributed by atoms with Gasteiger partial charge in [0.1, 0.15) is 24.4 Å². The maximum atomic E-state index is 12.4. The van der Waals surface area contributed by atoms with E-state index < -0.39 is 11.3 Å². The first kappa shape index (κ1) is 28.0. The Bertz CT molecular complexity index is 1230. The van der Waals surface area contributed by atoms with Gasteiger partial charge >= 0.3 is 18.2 Å². The van der Waals surface area contributed by atoms with E-state index in [-0.39, 0.29) is 23.6 Å². The summed E-state index contributed by atoms with van der Waals surface area (Å²) in [6.07, 6.45) is -1.52. The van der Waals surface area contributed by atoms with E-state index in [1.165, 1.54) is 18.3 Å². The summed E-state index contributed by atoms with van der Waals surface area (Å²) in [4.78, 5) is 23.1. The molecule has 210 valence electrons. The maximum absolute atomic E-state index is 12.4. The van der Waals surface area contributed by atoms with Crippen LogP contribution in [0.25, 0.3) is 0 Å². The highest BCUT2D eigenvalue weighted by Crippen LogP contribution is 2.26. The average molecular weight is 550 g/mol. The van der Waals surface area contributed by atoms with E-state index in [1.54, 1.807) is 16.7 Å². The molecule has 1 N–H and O–H groups in total. The number of rotatable bonds is 7. The van der Waals surface area contributed by atoms with E-state index >= 15 is 0 Å². The molecule has 0 bridgehead atoms. The van der Waals surface area contributed by atoms with Crippen molar-refractivity contribution in [1.29, 1.82) is 0 Å². The second kappa shape index (κ2) is 12.2. The van der Waals surface area contributed by atoms with E-state index in [0.717, 1.165) is 30.2 Å². The third-order valence-electron chi connectivity index (χ3n) is 6.19. The van der Waals surface area contributed by atoms with Gasteiger partial charge in [0.15, 0.2) is 0 Å². The van der Waals surface area contributed by atoms with E-state index in [9.17, 15) is 23.3 Å². The van der Waals surface area contributed by atoms with Gasteiger partial charge in [0.05, 0.1) is 6.04 Å². The molecule has 1 atom stereocenters. The fraction of sp³-hybridized carbons (Fsp3) is 0.440. The molecule has 1 unspecified atom stereocenters. The Kier molecular flexibility index (Phi) is 8.74. The molecule has 3 aromatic rings. The molecule has 2 aliphatic rings. The zero-order chi connectivity index (χ0) is 28.0. The lowest BCUT2D eigenvalue weighted by Gasteiger charge is -2.36. The number of anilines is 2. The Labute approximate surface area is 223 Å². The van der Waals surface area contributed by atoms with E-state index in [0.29, 0.717) is 32.8 Å². The van der Waals surface area contributed by atoms with Crippen LogP contribution in [0.3, 0.4) is 0 Å². The first-order valence-electron chi connectivity index (χ1n) is 12.6. The minimum Gasteiger partial charge on any atom is -0.444 e. The molecule has 0 spiro atoms. The smallest absolute Gasteiger partial charge is 0.444 e. The molecule has 1 fully saturated rings. The van der Waals surface area contributed by atoms with Crippen molar-refractivity contribution >= 4 is 17.3 Å². The maximum Gasteiger partial charge on any atom is 0.573 e. The number of nitrogens with zero attached hydrogens (tertiary/aromatic N) is 6. The van der Waals surface area contributed by atoms with Gasteiger partial charge in [-0.3, -0.25) is 4.57 Å². The molecule has 0 amide bonds. The van der Waals surface area contributed by atoms with E-state index in [1.807, 2.05) is 32.2 Å². The van der Waals surface area contributed by atoms with Gasteiger partial charge in [-0.1, -0.05) is 19.9 Å². The van der Waals surface area contributed by atoms with Gasteiger partial charge < -0.3 is 34.7 Å². The Morgan fingerprint density at radius 1 is 1.10 bits per heavy atom. The summed E-state index contributed by atoms with van der Waals surface area (Å²) >= 11 is 0. The molecule has 5 rings (SSSR count). The number of piperazine rings is 1. The van der Waals surface area contributed by atoms with Crippen LogP contribution in [0.1, 0.15) is 19.4 Å². The quantitative estimate of drug-likeness (QED) is 0.346. The molecule has 1 aromatic carbocycles. The first-order chi connectivity index (χ1) is 18.7. The van der Waals surface area contributed by atoms with Crippen LogP contribution < -0.4 is 24.6 Å². The molecule has 11 nitrogen and oxygen atoms in total. The molecule has 1 saturated heterocycles. The van der Waals surface area contributed by atoms with Gasteiger partial charge in [-0.25, -0.2) is 4.98 Å². The van der Waals surface area contributed by atoms with Crippen molar-refractivity contribution < 1.29 is 27.6 Å². The second-order valence-electron chi connectivity index (χ2n) is 8.72. The molecule has 0 radical (unpaired) electrons. The summed E-state index contributed by atoms with van der Waals surface area (Å²) in [6, 6.07) is 10.1. The Hall–Kier alpha value is -4.07. The lowest BCUT2D eigenvalue weighted by atomic mass is 10.2. The number of aromatic nitrogens is 3. The molecule has 4 heterocycles. The van der Waals surface area contributed by atoms with Crippen LogP contribution >= 0.6 is 0 Å². The van der Waals surface area contributed by atoms with Gasteiger partial charge in [0, 0.05) is 56.1 Å². The van der Waals surface area contributed by atoms with Crippen molar-refractivity contribution in [3.63, 3.8) is 0 Å². The van der Waals surface area contributed by atoms with Crippen LogP contribution in [0.5, 0.6) is 11.8 Å². The van der Waals surface area contributed by atoms with Gasteiger partial charge in [-0.15, -0.1) is 13.2 Å². The number of alkyl halides is 3. The number of nitrogens with one attached hydrogen (secondary N) is 1. The highest BCUT2D eigenvalue weighted by Gasteiger charge is 2.31. The molecule has 14 heteroatoms. The highest BCUT2D eigenvalue weighted by atomic mass is 19.4. The SMILES string of the molecule is CC.O=[N+]([O-])c1cn2c(n1)OCC(NCc1ccc(N3CCN(c4ccc(OC(F)(F)F)cc4)CC3)nc1)C2. The van der Waals surface area contributed by atoms with Crippen molar-refractivity contribution in [2.75, 3.05) is 42.6 Å². The summed E-state index contributed by atoms with van der Waals surface area (Å²) in [5.41, 5.74) is 1.83. The van der Waals surface area contributed by atoms with Crippen LogP contribution in [0.15, 0.2) is 48.8 Å². The zero-order valence-corrected chi connectivity index (χ0v) is 21.6. The van der Waals surface area contributed by atoms with Gasteiger partial charge in [0.2, 0.25) is 0 Å².